The first kappa shape index (κ1) is 12.0. The Kier molecular flexibility index (Phi) is 3.08. The molecule has 0 saturated heterocycles. The first-order chi connectivity index (χ1) is 6.68. The predicted octanol–water partition coefficient (Wildman–Crippen LogP) is 1.41. The number of rotatable bonds is 3. The Morgan fingerprint density at radius 3 is 2.27 bits per heavy atom. The zero-order chi connectivity index (χ0) is 11.7. The van der Waals surface area contributed by atoms with Crippen LogP contribution in [0.5, 0.6) is 0 Å². The van der Waals surface area contributed by atoms with Gasteiger partial charge in [-0.15, -0.1) is 0 Å². The molecular formula is C7H8BF3NO2S-. The third-order valence-electron chi connectivity index (χ3n) is 1.64. The predicted molar refractivity (Wildman–Crippen MR) is 50.1 cm³/mol. The third kappa shape index (κ3) is 3.90. The van der Waals surface area contributed by atoms with E-state index in [1.807, 2.05) is 0 Å². The normalized spacial score (nSPS) is 12.8. The van der Waals surface area contributed by atoms with E-state index in [1.54, 1.807) is 0 Å². The van der Waals surface area contributed by atoms with Crippen LogP contribution in [0.4, 0.5) is 12.9 Å². The lowest BCUT2D eigenvalue weighted by Crippen LogP contribution is -2.19. The van der Waals surface area contributed by atoms with Gasteiger partial charge in [-0.2, -0.15) is 0 Å². The molecule has 84 valence electrons. The molecule has 0 aliphatic rings. The van der Waals surface area contributed by atoms with Gasteiger partial charge in [0, 0.05) is 12.5 Å². The van der Waals surface area contributed by atoms with Gasteiger partial charge in [0.25, 0.3) is 0 Å². The largest absolute Gasteiger partial charge is 0.482 e. The maximum atomic E-state index is 12.0. The molecular weight excluding hydrogens is 230 g/mol. The van der Waals surface area contributed by atoms with Crippen LogP contribution in [0.15, 0.2) is 23.4 Å². The van der Waals surface area contributed by atoms with Crippen LogP contribution in [0.1, 0.15) is 5.56 Å². The number of halogens is 3. The molecule has 8 heteroatoms. The van der Waals surface area contributed by atoms with Crippen LogP contribution in [0, 0.1) is 0 Å². The Morgan fingerprint density at radius 1 is 1.33 bits per heavy atom. The second-order valence-corrected chi connectivity index (χ2v) is 5.15. The van der Waals surface area contributed by atoms with E-state index in [2.05, 4.69) is 4.98 Å². The minimum atomic E-state index is -4.91. The van der Waals surface area contributed by atoms with Gasteiger partial charge in [-0.05, 0) is 6.07 Å². The highest BCUT2D eigenvalue weighted by Crippen LogP contribution is 2.16. The summed E-state index contributed by atoms with van der Waals surface area (Å²) in [5.74, 6) is 0. The van der Waals surface area contributed by atoms with Crippen molar-refractivity contribution in [3.05, 3.63) is 23.9 Å². The molecule has 0 N–H and O–H groups in total. The molecule has 3 nitrogen and oxygen atoms in total. The fraction of sp³-hybridized carbons (Fsp3) is 0.286. The summed E-state index contributed by atoms with van der Waals surface area (Å²) in [7, 11) is -3.45. The average Bonchev–Trinajstić information content (AvgIpc) is 2.00. The van der Waals surface area contributed by atoms with E-state index in [4.69, 9.17) is 0 Å². The molecule has 1 aromatic rings. The maximum Gasteiger partial charge on any atom is 0.482 e. The number of hydrogen-bond donors (Lipinski definition) is 0. The Morgan fingerprint density at radius 2 is 1.93 bits per heavy atom. The van der Waals surface area contributed by atoms with Crippen LogP contribution in [0.3, 0.4) is 0 Å². The van der Waals surface area contributed by atoms with E-state index >= 15 is 0 Å². The summed E-state index contributed by atoms with van der Waals surface area (Å²) in [6.07, 6.45) is 0.839. The molecule has 1 heterocycles. The highest BCUT2D eigenvalue weighted by molar-refractivity contribution is 7.90. The lowest BCUT2D eigenvalue weighted by Gasteiger charge is -2.12. The van der Waals surface area contributed by atoms with Gasteiger partial charge in [0.15, 0.2) is 14.9 Å². The second-order valence-electron chi connectivity index (χ2n) is 3.19. The first-order valence-corrected chi connectivity index (χ1v) is 5.93. The number of pyridine rings is 1. The summed E-state index contributed by atoms with van der Waals surface area (Å²) in [6, 6.07) is 2.20. The van der Waals surface area contributed by atoms with Crippen LogP contribution < -0.4 is 0 Å². The van der Waals surface area contributed by atoms with E-state index in [-0.39, 0.29) is 10.6 Å². The van der Waals surface area contributed by atoms with Crippen molar-refractivity contribution in [1.29, 1.82) is 0 Å². The van der Waals surface area contributed by atoms with Gasteiger partial charge in [0.2, 0.25) is 0 Å². The van der Waals surface area contributed by atoms with E-state index < -0.39 is 23.1 Å². The number of nitrogens with zero attached hydrogens (tertiary/aromatic N) is 1. The van der Waals surface area contributed by atoms with Crippen LogP contribution in [0.2, 0.25) is 0 Å². The minimum Gasteiger partial charge on any atom is -0.449 e. The van der Waals surface area contributed by atoms with Gasteiger partial charge in [-0.1, -0.05) is 17.9 Å². The SMILES string of the molecule is CS(=O)(=O)c1ccc(C[B-](F)(F)F)cn1. The van der Waals surface area contributed by atoms with Crippen molar-refractivity contribution in [2.75, 3.05) is 6.26 Å². The average molecular weight is 238 g/mol. The van der Waals surface area contributed by atoms with Gasteiger partial charge >= 0.3 is 6.98 Å². The van der Waals surface area contributed by atoms with E-state index in [0.29, 0.717) is 0 Å². The smallest absolute Gasteiger partial charge is 0.449 e. The molecule has 0 bridgehead atoms. The van der Waals surface area contributed by atoms with Crippen molar-refractivity contribution in [1.82, 2.24) is 4.98 Å². The van der Waals surface area contributed by atoms with Crippen LogP contribution in [0.25, 0.3) is 0 Å². The number of sulfone groups is 1. The standard InChI is InChI=1S/C7H8BF3NO2S/c1-15(13,14)7-3-2-6(5-12-7)4-8(9,10)11/h2-3,5H,4H2,1H3/q-1. The van der Waals surface area contributed by atoms with Gasteiger partial charge in [0.1, 0.15) is 0 Å². The topological polar surface area (TPSA) is 47.0 Å². The molecule has 0 aliphatic carbocycles. The van der Waals surface area contributed by atoms with Crippen molar-refractivity contribution >= 4 is 16.8 Å². The molecule has 0 aromatic carbocycles. The van der Waals surface area contributed by atoms with E-state index in [0.717, 1.165) is 24.6 Å². The summed E-state index contributed by atoms with van der Waals surface area (Å²) >= 11 is 0. The molecule has 15 heavy (non-hydrogen) atoms. The second kappa shape index (κ2) is 3.84. The Hall–Kier alpha value is -1.05. The monoisotopic (exact) mass is 238 g/mol. The molecule has 0 saturated carbocycles. The van der Waals surface area contributed by atoms with E-state index in [1.165, 1.54) is 0 Å². The molecule has 1 rings (SSSR count). The summed E-state index contributed by atoms with van der Waals surface area (Å²) < 4.78 is 57.9. The fourth-order valence-electron chi connectivity index (χ4n) is 1.02. The Labute approximate surface area is 85.3 Å². The molecule has 0 unspecified atom stereocenters. The molecule has 0 aliphatic heterocycles. The van der Waals surface area contributed by atoms with Gasteiger partial charge in [-0.3, -0.25) is 0 Å². The number of hydrogen-bond acceptors (Lipinski definition) is 3. The van der Waals surface area contributed by atoms with Crippen molar-refractivity contribution in [3.8, 4) is 0 Å². The molecule has 1 aromatic heterocycles. The summed E-state index contributed by atoms with van der Waals surface area (Å²) in [6.45, 7) is -4.91. The Bertz CT molecular complexity index is 440. The van der Waals surface area contributed by atoms with Gasteiger partial charge in [0.05, 0.1) is 0 Å². The lowest BCUT2D eigenvalue weighted by atomic mass is 9.82. The fourth-order valence-corrected chi connectivity index (χ4v) is 1.58. The molecule has 0 spiro atoms. The molecule has 0 radical (unpaired) electrons. The maximum absolute atomic E-state index is 12.0. The summed E-state index contributed by atoms with van der Waals surface area (Å²) in [4.78, 5) is 3.46. The van der Waals surface area contributed by atoms with Gasteiger partial charge < -0.3 is 12.9 Å². The van der Waals surface area contributed by atoms with Crippen molar-refractivity contribution < 1.29 is 21.4 Å². The van der Waals surface area contributed by atoms with Crippen molar-refractivity contribution in [2.45, 2.75) is 11.3 Å². The van der Waals surface area contributed by atoms with Crippen molar-refractivity contribution in [2.24, 2.45) is 0 Å². The zero-order valence-electron chi connectivity index (χ0n) is 7.82. The highest BCUT2D eigenvalue weighted by Gasteiger charge is 2.23. The quantitative estimate of drug-likeness (QED) is 0.748. The zero-order valence-corrected chi connectivity index (χ0v) is 8.64. The van der Waals surface area contributed by atoms with Gasteiger partial charge in [-0.25, -0.2) is 13.4 Å². The Balaban J connectivity index is 2.92. The van der Waals surface area contributed by atoms with Crippen LogP contribution in [-0.2, 0) is 16.2 Å². The van der Waals surface area contributed by atoms with E-state index in [9.17, 15) is 21.4 Å². The van der Waals surface area contributed by atoms with Crippen LogP contribution in [-0.4, -0.2) is 26.6 Å². The number of aromatic nitrogens is 1. The highest BCUT2D eigenvalue weighted by atomic mass is 32.2. The molecule has 0 atom stereocenters. The van der Waals surface area contributed by atoms with Crippen molar-refractivity contribution in [3.63, 3.8) is 0 Å². The lowest BCUT2D eigenvalue weighted by molar-refractivity contribution is 0.468. The minimum absolute atomic E-state index is 0.0325. The third-order valence-corrected chi connectivity index (χ3v) is 2.65. The molecule has 0 amide bonds. The molecule has 0 fully saturated rings. The first-order valence-electron chi connectivity index (χ1n) is 4.04. The van der Waals surface area contributed by atoms with Crippen LogP contribution >= 0.6 is 0 Å². The summed E-state index contributed by atoms with van der Waals surface area (Å²) in [5, 5.41) is -0.221. The summed E-state index contributed by atoms with van der Waals surface area (Å²) in [5.41, 5.74) is -0.0325.